The lowest BCUT2D eigenvalue weighted by Gasteiger charge is -2.17. The van der Waals surface area contributed by atoms with Crippen molar-refractivity contribution in [2.45, 2.75) is 12.5 Å². The molecular weight excluding hydrogens is 300 g/mol. The van der Waals surface area contributed by atoms with Crippen LogP contribution in [0.25, 0.3) is 0 Å². The van der Waals surface area contributed by atoms with E-state index in [0.29, 0.717) is 5.69 Å². The maximum absolute atomic E-state index is 12.2. The largest absolute Gasteiger partial charge is 0.382 e. The second-order valence-electron chi connectivity index (χ2n) is 4.99. The average Bonchev–Trinajstić information content (AvgIpc) is 2.56. The lowest BCUT2D eigenvalue weighted by atomic mass is 10.1. The molecular formula is C15H18N4O4. The van der Waals surface area contributed by atoms with Gasteiger partial charge in [-0.2, -0.15) is 0 Å². The van der Waals surface area contributed by atoms with Crippen molar-refractivity contribution in [1.82, 2.24) is 19.9 Å². The Hall–Kier alpha value is -2.74. The first-order chi connectivity index (χ1) is 11.0. The highest BCUT2D eigenvalue weighted by atomic mass is 16.5. The number of ether oxygens (including phenoxy) is 1. The fraction of sp³-hybridized carbons (Fsp3) is 0.333. The van der Waals surface area contributed by atoms with Gasteiger partial charge in [-0.15, -0.1) is 0 Å². The SMILES string of the molecule is COC[C@@H](NC(=O)Cc1c[nH]c(=O)n(C)c1=O)c1ccccn1. The van der Waals surface area contributed by atoms with Crippen LogP contribution in [-0.4, -0.2) is 34.2 Å². The van der Waals surface area contributed by atoms with Crippen LogP contribution in [0.2, 0.25) is 0 Å². The number of carbonyl (C=O) groups is 1. The fourth-order valence-electron chi connectivity index (χ4n) is 2.11. The Morgan fingerprint density at radius 3 is 2.87 bits per heavy atom. The molecule has 0 aliphatic carbocycles. The molecule has 0 radical (unpaired) electrons. The average molecular weight is 318 g/mol. The van der Waals surface area contributed by atoms with E-state index < -0.39 is 17.3 Å². The van der Waals surface area contributed by atoms with Gasteiger partial charge in [0.2, 0.25) is 5.91 Å². The number of amides is 1. The number of pyridine rings is 1. The zero-order chi connectivity index (χ0) is 16.8. The van der Waals surface area contributed by atoms with Crippen molar-refractivity contribution in [3.8, 4) is 0 Å². The van der Waals surface area contributed by atoms with Crippen molar-refractivity contribution in [3.05, 3.63) is 62.7 Å². The molecule has 0 saturated carbocycles. The van der Waals surface area contributed by atoms with Gasteiger partial charge >= 0.3 is 5.69 Å². The molecule has 2 rings (SSSR count). The van der Waals surface area contributed by atoms with E-state index in [-0.39, 0.29) is 24.5 Å². The smallest absolute Gasteiger partial charge is 0.328 e. The molecule has 0 bridgehead atoms. The van der Waals surface area contributed by atoms with Crippen molar-refractivity contribution in [3.63, 3.8) is 0 Å². The zero-order valence-electron chi connectivity index (χ0n) is 12.9. The van der Waals surface area contributed by atoms with E-state index in [1.807, 2.05) is 6.07 Å². The highest BCUT2D eigenvalue weighted by Gasteiger charge is 2.17. The highest BCUT2D eigenvalue weighted by molar-refractivity contribution is 5.78. The van der Waals surface area contributed by atoms with Crippen LogP contribution in [0.4, 0.5) is 0 Å². The van der Waals surface area contributed by atoms with E-state index in [9.17, 15) is 14.4 Å². The molecule has 2 heterocycles. The molecule has 0 aliphatic heterocycles. The molecule has 1 atom stereocenters. The zero-order valence-corrected chi connectivity index (χ0v) is 12.9. The van der Waals surface area contributed by atoms with Gasteiger partial charge in [-0.25, -0.2) is 4.79 Å². The van der Waals surface area contributed by atoms with Crippen LogP contribution < -0.4 is 16.6 Å². The van der Waals surface area contributed by atoms with Gasteiger partial charge in [0.05, 0.1) is 24.8 Å². The summed E-state index contributed by atoms with van der Waals surface area (Å²) < 4.78 is 6.02. The molecule has 0 aliphatic rings. The number of aromatic amines is 1. The highest BCUT2D eigenvalue weighted by Crippen LogP contribution is 2.09. The van der Waals surface area contributed by atoms with Gasteiger partial charge in [-0.05, 0) is 12.1 Å². The number of nitrogens with one attached hydrogen (secondary N) is 2. The minimum absolute atomic E-state index is 0.142. The molecule has 0 aromatic carbocycles. The minimum atomic E-state index is -0.523. The fourth-order valence-corrected chi connectivity index (χ4v) is 2.11. The van der Waals surface area contributed by atoms with Crippen LogP contribution >= 0.6 is 0 Å². The van der Waals surface area contributed by atoms with Gasteiger partial charge in [-0.3, -0.25) is 19.1 Å². The Morgan fingerprint density at radius 2 is 2.22 bits per heavy atom. The monoisotopic (exact) mass is 318 g/mol. The third-order valence-electron chi connectivity index (χ3n) is 3.32. The number of aromatic nitrogens is 3. The summed E-state index contributed by atoms with van der Waals surface area (Å²) in [6.07, 6.45) is 2.74. The quantitative estimate of drug-likeness (QED) is 0.748. The summed E-state index contributed by atoms with van der Waals surface area (Å²) in [6.45, 7) is 0.256. The first kappa shape index (κ1) is 16.6. The number of carbonyl (C=O) groups excluding carboxylic acids is 1. The third kappa shape index (κ3) is 4.13. The van der Waals surface area contributed by atoms with Crippen molar-refractivity contribution in [1.29, 1.82) is 0 Å². The molecule has 0 unspecified atom stereocenters. The van der Waals surface area contributed by atoms with E-state index in [4.69, 9.17) is 4.74 Å². The Bertz CT molecular complexity index is 782. The van der Waals surface area contributed by atoms with Crippen LogP contribution in [0.5, 0.6) is 0 Å². The molecule has 2 aromatic heterocycles. The van der Waals surface area contributed by atoms with Crippen LogP contribution in [0.3, 0.4) is 0 Å². The standard InChI is InChI=1S/C15H18N4O4/c1-19-14(21)10(8-17-15(19)22)7-13(20)18-12(9-23-2)11-5-3-4-6-16-11/h3-6,8,12H,7,9H2,1-2H3,(H,17,22)(H,18,20)/t12-/m1/s1. The van der Waals surface area contributed by atoms with Crippen LogP contribution in [-0.2, 0) is 23.0 Å². The molecule has 23 heavy (non-hydrogen) atoms. The van der Waals surface area contributed by atoms with Crippen molar-refractivity contribution in [2.24, 2.45) is 7.05 Å². The molecule has 122 valence electrons. The topological polar surface area (TPSA) is 106 Å². The van der Waals surface area contributed by atoms with Crippen LogP contribution in [0.1, 0.15) is 17.3 Å². The molecule has 8 heteroatoms. The summed E-state index contributed by atoms with van der Waals surface area (Å²) >= 11 is 0. The van der Waals surface area contributed by atoms with Gasteiger partial charge in [0.15, 0.2) is 0 Å². The molecule has 0 fully saturated rings. The summed E-state index contributed by atoms with van der Waals surface area (Å²) in [7, 11) is 2.88. The summed E-state index contributed by atoms with van der Waals surface area (Å²) in [5.74, 6) is -0.359. The van der Waals surface area contributed by atoms with E-state index in [1.54, 1.807) is 18.3 Å². The van der Waals surface area contributed by atoms with Crippen LogP contribution in [0, 0.1) is 0 Å². The molecule has 0 spiro atoms. The van der Waals surface area contributed by atoms with Crippen LogP contribution in [0.15, 0.2) is 40.2 Å². The second-order valence-corrected chi connectivity index (χ2v) is 4.99. The predicted octanol–water partition coefficient (Wildman–Crippen LogP) is -0.485. The minimum Gasteiger partial charge on any atom is -0.382 e. The summed E-state index contributed by atoms with van der Waals surface area (Å²) in [5.41, 5.74) is -0.145. The molecule has 0 saturated heterocycles. The van der Waals surface area contributed by atoms with E-state index in [1.165, 1.54) is 20.4 Å². The lowest BCUT2D eigenvalue weighted by Crippen LogP contribution is -2.38. The number of hydrogen-bond acceptors (Lipinski definition) is 5. The predicted molar refractivity (Wildman–Crippen MR) is 83.0 cm³/mol. The number of nitrogens with zero attached hydrogens (tertiary/aromatic N) is 2. The van der Waals surface area contributed by atoms with Gasteiger partial charge in [0.25, 0.3) is 5.56 Å². The normalized spacial score (nSPS) is 11.9. The lowest BCUT2D eigenvalue weighted by molar-refractivity contribution is -0.121. The molecule has 8 nitrogen and oxygen atoms in total. The second kappa shape index (κ2) is 7.50. The first-order valence-corrected chi connectivity index (χ1v) is 6.99. The molecule has 1 amide bonds. The number of rotatable bonds is 6. The van der Waals surface area contributed by atoms with Gasteiger partial charge in [-0.1, -0.05) is 6.07 Å². The molecule has 2 aromatic rings. The van der Waals surface area contributed by atoms with Gasteiger partial charge in [0.1, 0.15) is 0 Å². The number of H-pyrrole nitrogens is 1. The van der Waals surface area contributed by atoms with Crippen molar-refractivity contribution >= 4 is 5.91 Å². The molecule has 2 N–H and O–H groups in total. The Balaban J connectivity index is 2.13. The maximum Gasteiger partial charge on any atom is 0.328 e. The van der Waals surface area contributed by atoms with E-state index in [2.05, 4.69) is 15.3 Å². The summed E-state index contributed by atoms with van der Waals surface area (Å²) in [5, 5.41) is 2.78. The first-order valence-electron chi connectivity index (χ1n) is 6.99. The maximum atomic E-state index is 12.2. The number of methoxy groups -OCH3 is 1. The van der Waals surface area contributed by atoms with E-state index in [0.717, 1.165) is 4.57 Å². The van der Waals surface area contributed by atoms with Gasteiger partial charge < -0.3 is 15.0 Å². The van der Waals surface area contributed by atoms with Crippen molar-refractivity contribution < 1.29 is 9.53 Å². The Morgan fingerprint density at radius 1 is 1.43 bits per heavy atom. The number of hydrogen-bond donors (Lipinski definition) is 2. The summed E-state index contributed by atoms with van der Waals surface area (Å²) in [4.78, 5) is 42.0. The van der Waals surface area contributed by atoms with Gasteiger partial charge in [0, 0.05) is 32.1 Å². The Labute approximate surface area is 132 Å². The Kier molecular flexibility index (Phi) is 5.42. The van der Waals surface area contributed by atoms with Crippen molar-refractivity contribution in [2.75, 3.05) is 13.7 Å². The van der Waals surface area contributed by atoms with E-state index >= 15 is 0 Å². The third-order valence-corrected chi connectivity index (χ3v) is 3.32. The summed E-state index contributed by atoms with van der Waals surface area (Å²) in [6, 6.07) is 4.96.